The lowest BCUT2D eigenvalue weighted by molar-refractivity contribution is -0.134. The predicted molar refractivity (Wildman–Crippen MR) is 135 cm³/mol. The monoisotopic (exact) mass is 478 g/mol. The molecule has 8 heteroatoms. The van der Waals surface area contributed by atoms with Gasteiger partial charge in [0.2, 0.25) is 0 Å². The third-order valence-corrected chi connectivity index (χ3v) is 6.62. The van der Waals surface area contributed by atoms with Crippen LogP contribution in [0.15, 0.2) is 47.6 Å². The summed E-state index contributed by atoms with van der Waals surface area (Å²) in [6.45, 7) is 8.92. The summed E-state index contributed by atoms with van der Waals surface area (Å²) in [5.41, 5.74) is 5.37. The Morgan fingerprint density at radius 1 is 1.03 bits per heavy atom. The zero-order valence-corrected chi connectivity index (χ0v) is 21.0. The summed E-state index contributed by atoms with van der Waals surface area (Å²) >= 11 is 0. The van der Waals surface area contributed by atoms with E-state index in [0.717, 1.165) is 28.2 Å². The summed E-state index contributed by atoms with van der Waals surface area (Å²) in [5, 5.41) is 6.49. The van der Waals surface area contributed by atoms with Crippen LogP contribution in [0.25, 0.3) is 0 Å². The molecule has 0 N–H and O–H groups in total. The van der Waals surface area contributed by atoms with Gasteiger partial charge in [-0.1, -0.05) is 35.9 Å². The molecule has 0 saturated carbocycles. The molecule has 0 radical (unpaired) electrons. The van der Waals surface area contributed by atoms with E-state index in [4.69, 9.17) is 14.6 Å². The predicted octanol–water partition coefficient (Wildman–Crippen LogP) is 3.76. The second kappa shape index (κ2) is 10.9. The molecule has 0 aliphatic carbocycles. The molecule has 2 aromatic rings. The van der Waals surface area contributed by atoms with Gasteiger partial charge < -0.3 is 14.4 Å². The zero-order chi connectivity index (χ0) is 24.9. The SMILES string of the molecule is CCOC(=O)N1CCN(CC(=O)N2N=C(c3ccc(C)cc3C)CC2c2ccc(OC)cc2)CC1. The number of carbonyl (C=O) groups excluding carboxylic acids is 2. The minimum Gasteiger partial charge on any atom is -0.497 e. The molecule has 186 valence electrons. The number of methoxy groups -OCH3 is 1. The van der Waals surface area contributed by atoms with Gasteiger partial charge in [0.25, 0.3) is 5.91 Å². The van der Waals surface area contributed by atoms with Crippen molar-refractivity contribution in [1.29, 1.82) is 0 Å². The second-order valence-electron chi connectivity index (χ2n) is 9.06. The molecule has 0 aromatic heterocycles. The first-order chi connectivity index (χ1) is 16.9. The molecular weight excluding hydrogens is 444 g/mol. The van der Waals surface area contributed by atoms with Crippen LogP contribution in [0.2, 0.25) is 0 Å². The molecule has 2 aliphatic rings. The Morgan fingerprint density at radius 2 is 1.74 bits per heavy atom. The van der Waals surface area contributed by atoms with Crippen LogP contribution in [0.4, 0.5) is 4.79 Å². The van der Waals surface area contributed by atoms with E-state index in [1.807, 2.05) is 24.3 Å². The van der Waals surface area contributed by atoms with Crippen molar-refractivity contribution in [3.05, 3.63) is 64.7 Å². The van der Waals surface area contributed by atoms with Crippen LogP contribution in [0, 0.1) is 13.8 Å². The van der Waals surface area contributed by atoms with Crippen molar-refractivity contribution in [1.82, 2.24) is 14.8 Å². The lowest BCUT2D eigenvalue weighted by Gasteiger charge is -2.34. The van der Waals surface area contributed by atoms with Gasteiger partial charge in [0.15, 0.2) is 0 Å². The number of ether oxygens (including phenoxy) is 2. The van der Waals surface area contributed by atoms with Crippen LogP contribution >= 0.6 is 0 Å². The smallest absolute Gasteiger partial charge is 0.409 e. The van der Waals surface area contributed by atoms with Crippen molar-refractivity contribution in [2.75, 3.05) is 46.4 Å². The fourth-order valence-corrected chi connectivity index (χ4v) is 4.69. The summed E-state index contributed by atoms with van der Waals surface area (Å²) in [6, 6.07) is 14.0. The van der Waals surface area contributed by atoms with E-state index in [2.05, 4.69) is 36.9 Å². The highest BCUT2D eigenvalue weighted by Crippen LogP contribution is 2.34. The second-order valence-corrected chi connectivity index (χ2v) is 9.06. The molecule has 1 saturated heterocycles. The highest BCUT2D eigenvalue weighted by molar-refractivity contribution is 6.04. The van der Waals surface area contributed by atoms with Crippen LogP contribution in [-0.2, 0) is 9.53 Å². The van der Waals surface area contributed by atoms with E-state index < -0.39 is 0 Å². The average molecular weight is 479 g/mol. The summed E-state index contributed by atoms with van der Waals surface area (Å²) in [4.78, 5) is 29.3. The number of hydrogen-bond acceptors (Lipinski definition) is 6. The van der Waals surface area contributed by atoms with Gasteiger partial charge in [-0.2, -0.15) is 5.10 Å². The van der Waals surface area contributed by atoms with Crippen molar-refractivity contribution in [2.24, 2.45) is 5.10 Å². The van der Waals surface area contributed by atoms with Crippen molar-refractivity contribution in [3.63, 3.8) is 0 Å². The Kier molecular flexibility index (Phi) is 7.70. The number of benzene rings is 2. The van der Waals surface area contributed by atoms with Crippen molar-refractivity contribution < 1.29 is 19.1 Å². The van der Waals surface area contributed by atoms with Crippen LogP contribution in [0.5, 0.6) is 5.75 Å². The molecular formula is C27H34N4O4. The van der Waals surface area contributed by atoms with Crippen LogP contribution in [0.3, 0.4) is 0 Å². The fourth-order valence-electron chi connectivity index (χ4n) is 4.69. The number of piperazine rings is 1. The van der Waals surface area contributed by atoms with Crippen LogP contribution in [0.1, 0.15) is 41.6 Å². The number of nitrogens with zero attached hydrogens (tertiary/aromatic N) is 4. The Bertz CT molecular complexity index is 1090. The molecule has 1 unspecified atom stereocenters. The highest BCUT2D eigenvalue weighted by atomic mass is 16.6. The summed E-state index contributed by atoms with van der Waals surface area (Å²) in [7, 11) is 1.64. The minimum absolute atomic E-state index is 0.0461. The first kappa shape index (κ1) is 24.7. The number of carbonyl (C=O) groups is 2. The Morgan fingerprint density at radius 3 is 2.37 bits per heavy atom. The third-order valence-electron chi connectivity index (χ3n) is 6.62. The maximum Gasteiger partial charge on any atom is 0.409 e. The topological polar surface area (TPSA) is 74.7 Å². The van der Waals surface area contributed by atoms with Gasteiger partial charge in [-0.25, -0.2) is 9.80 Å². The van der Waals surface area contributed by atoms with Crippen molar-refractivity contribution >= 4 is 17.7 Å². The van der Waals surface area contributed by atoms with Gasteiger partial charge in [-0.15, -0.1) is 0 Å². The van der Waals surface area contributed by atoms with E-state index in [1.165, 1.54) is 5.56 Å². The first-order valence-corrected chi connectivity index (χ1v) is 12.1. The molecule has 1 fully saturated rings. The zero-order valence-electron chi connectivity index (χ0n) is 21.0. The standard InChI is InChI=1S/C27H34N4O4/c1-5-35-27(33)30-14-12-29(13-15-30)18-26(32)31-25(21-7-9-22(34-4)10-8-21)17-24(28-31)23-11-6-19(2)16-20(23)3/h6-11,16,25H,5,12-15,17-18H2,1-4H3. The maximum absolute atomic E-state index is 13.5. The normalized spacial score (nSPS) is 18.4. The number of aryl methyl sites for hydroxylation is 2. The van der Waals surface area contributed by atoms with Gasteiger partial charge in [-0.05, 0) is 44.0 Å². The fraction of sp³-hybridized carbons (Fsp3) is 0.444. The molecule has 8 nitrogen and oxygen atoms in total. The van der Waals surface area contributed by atoms with E-state index in [1.54, 1.807) is 23.9 Å². The van der Waals surface area contributed by atoms with E-state index in [0.29, 0.717) is 39.2 Å². The Balaban J connectivity index is 1.52. The number of hydrazone groups is 1. The molecule has 2 aliphatic heterocycles. The molecule has 2 aromatic carbocycles. The molecule has 0 spiro atoms. The Labute approximate surface area is 207 Å². The van der Waals surface area contributed by atoms with Gasteiger partial charge >= 0.3 is 6.09 Å². The third kappa shape index (κ3) is 5.65. The lowest BCUT2D eigenvalue weighted by Crippen LogP contribution is -2.51. The molecule has 0 bridgehead atoms. The molecule has 2 heterocycles. The van der Waals surface area contributed by atoms with Crippen LogP contribution in [-0.4, -0.2) is 79.0 Å². The number of amides is 2. The number of hydrogen-bond donors (Lipinski definition) is 0. The van der Waals surface area contributed by atoms with E-state index in [9.17, 15) is 9.59 Å². The molecule has 1 atom stereocenters. The van der Waals surface area contributed by atoms with Gasteiger partial charge in [0, 0.05) is 38.2 Å². The first-order valence-electron chi connectivity index (χ1n) is 12.1. The summed E-state index contributed by atoms with van der Waals surface area (Å²) in [6.07, 6.45) is 0.360. The van der Waals surface area contributed by atoms with Crippen molar-refractivity contribution in [2.45, 2.75) is 33.2 Å². The quantitative estimate of drug-likeness (QED) is 0.632. The van der Waals surface area contributed by atoms with E-state index in [-0.39, 0.29) is 24.6 Å². The Hall–Kier alpha value is -3.39. The van der Waals surface area contributed by atoms with Gasteiger partial charge in [0.05, 0.1) is 32.0 Å². The minimum atomic E-state index is -0.291. The van der Waals surface area contributed by atoms with Crippen molar-refractivity contribution in [3.8, 4) is 5.75 Å². The van der Waals surface area contributed by atoms with Crippen LogP contribution < -0.4 is 4.74 Å². The van der Waals surface area contributed by atoms with Gasteiger partial charge in [0.1, 0.15) is 5.75 Å². The average Bonchev–Trinajstić information content (AvgIpc) is 3.30. The number of rotatable bonds is 6. The highest BCUT2D eigenvalue weighted by Gasteiger charge is 2.35. The maximum atomic E-state index is 13.5. The summed E-state index contributed by atoms with van der Waals surface area (Å²) < 4.78 is 10.4. The molecule has 2 amide bonds. The molecule has 4 rings (SSSR count). The summed E-state index contributed by atoms with van der Waals surface area (Å²) in [5.74, 6) is 0.731. The van der Waals surface area contributed by atoms with Gasteiger partial charge in [-0.3, -0.25) is 9.69 Å². The largest absolute Gasteiger partial charge is 0.497 e. The van der Waals surface area contributed by atoms with E-state index >= 15 is 0 Å². The lowest BCUT2D eigenvalue weighted by atomic mass is 9.95. The molecule has 35 heavy (non-hydrogen) atoms.